The molecule has 0 saturated carbocycles. The molecule has 0 spiro atoms. The van der Waals surface area contributed by atoms with Gasteiger partial charge in [-0.1, -0.05) is 0 Å². The number of fused-ring (bicyclic) bond motifs is 1. The second-order valence-electron chi connectivity index (χ2n) is 5.79. The van der Waals surface area contributed by atoms with E-state index >= 15 is 0 Å². The van der Waals surface area contributed by atoms with E-state index in [1.165, 1.54) is 11.0 Å². The van der Waals surface area contributed by atoms with Gasteiger partial charge in [0.15, 0.2) is 0 Å². The number of nitrogens with one attached hydrogen (secondary N) is 2. The quantitative estimate of drug-likeness (QED) is 0.517. The number of aromatic nitrogens is 6. The minimum Gasteiger partial charge on any atom is -0.385 e. The van der Waals surface area contributed by atoms with Crippen LogP contribution in [0.5, 0.6) is 0 Å². The lowest BCUT2D eigenvalue weighted by molar-refractivity contribution is 0.102. The molecule has 4 rings (SSSR count). The van der Waals surface area contributed by atoms with Gasteiger partial charge in [-0.05, 0) is 59.8 Å². The van der Waals surface area contributed by atoms with Crippen molar-refractivity contribution in [2.45, 2.75) is 13.0 Å². The smallest absolute Gasteiger partial charge is 0.255 e. The summed E-state index contributed by atoms with van der Waals surface area (Å²) in [7, 11) is 0. The van der Waals surface area contributed by atoms with Crippen LogP contribution in [-0.4, -0.2) is 41.2 Å². The lowest BCUT2D eigenvalue weighted by Crippen LogP contribution is -2.11. The van der Waals surface area contributed by atoms with E-state index in [1.54, 1.807) is 49.4 Å². The third kappa shape index (κ3) is 3.03. The molecule has 0 radical (unpaired) electrons. The van der Waals surface area contributed by atoms with Crippen LogP contribution in [0.1, 0.15) is 29.2 Å². The number of nitrogens with zero attached hydrogens (tertiary/aromatic N) is 5. The number of aromatic amines is 1. The highest BCUT2D eigenvalue weighted by molar-refractivity contribution is 6.05. The number of H-pyrrole nitrogens is 1. The van der Waals surface area contributed by atoms with E-state index in [2.05, 4.69) is 30.8 Å². The summed E-state index contributed by atoms with van der Waals surface area (Å²) in [6.07, 6.45) is 0.801. The molecule has 0 saturated heterocycles. The third-order valence-electron chi connectivity index (χ3n) is 3.90. The fraction of sp³-hybridized carbons (Fsp3) is 0.118. The van der Waals surface area contributed by atoms with Gasteiger partial charge in [0.05, 0.1) is 16.7 Å². The molecule has 130 valence electrons. The topological polar surface area (TPSA) is 122 Å². The number of hydrogen-bond acceptors (Lipinski definition) is 6. The molecule has 1 amide bonds. The molecule has 0 aliphatic rings. The monoisotopic (exact) mass is 349 g/mol. The first-order valence-electron chi connectivity index (χ1n) is 7.92. The van der Waals surface area contributed by atoms with Gasteiger partial charge in [0.1, 0.15) is 18.3 Å². The van der Waals surface area contributed by atoms with Gasteiger partial charge in [-0.3, -0.25) is 4.79 Å². The summed E-state index contributed by atoms with van der Waals surface area (Å²) < 4.78 is 1.51. The molecule has 2 aromatic heterocycles. The van der Waals surface area contributed by atoms with Crippen molar-refractivity contribution in [3.05, 3.63) is 60.2 Å². The van der Waals surface area contributed by atoms with Crippen LogP contribution in [0.4, 0.5) is 5.69 Å². The number of benzene rings is 2. The first-order chi connectivity index (χ1) is 12.6. The summed E-state index contributed by atoms with van der Waals surface area (Å²) in [5.41, 5.74) is 3.37. The van der Waals surface area contributed by atoms with Crippen LogP contribution in [0.2, 0.25) is 0 Å². The van der Waals surface area contributed by atoms with Crippen LogP contribution in [0.25, 0.3) is 16.7 Å². The van der Waals surface area contributed by atoms with Crippen LogP contribution < -0.4 is 5.32 Å². The van der Waals surface area contributed by atoms with E-state index < -0.39 is 6.10 Å². The molecule has 9 heteroatoms. The van der Waals surface area contributed by atoms with Crippen molar-refractivity contribution in [3.8, 4) is 5.69 Å². The second kappa shape index (κ2) is 6.37. The summed E-state index contributed by atoms with van der Waals surface area (Å²) in [5, 5.41) is 23.4. The molecule has 0 aliphatic carbocycles. The number of tetrazole rings is 1. The fourth-order valence-corrected chi connectivity index (χ4v) is 2.55. The zero-order valence-corrected chi connectivity index (χ0v) is 13.8. The predicted molar refractivity (Wildman–Crippen MR) is 93.8 cm³/mol. The van der Waals surface area contributed by atoms with Gasteiger partial charge in [-0.15, -0.1) is 5.10 Å². The molecule has 1 unspecified atom stereocenters. The van der Waals surface area contributed by atoms with Crippen molar-refractivity contribution in [1.29, 1.82) is 0 Å². The Labute approximate surface area is 147 Å². The largest absolute Gasteiger partial charge is 0.385 e. The minimum absolute atomic E-state index is 0.233. The number of amides is 1. The Bertz CT molecular complexity index is 1050. The van der Waals surface area contributed by atoms with Crippen molar-refractivity contribution in [2.75, 3.05) is 5.32 Å². The maximum atomic E-state index is 12.4. The molecule has 0 aliphatic heterocycles. The van der Waals surface area contributed by atoms with E-state index in [4.69, 9.17) is 0 Å². The summed E-state index contributed by atoms with van der Waals surface area (Å²) in [6.45, 7) is 1.64. The first kappa shape index (κ1) is 15.9. The van der Waals surface area contributed by atoms with Crippen LogP contribution in [0.15, 0.2) is 48.8 Å². The SMILES string of the molecule is CC(O)c1nc2ccc(NC(=O)c3ccc(-n4cnnn4)cc3)cc2[nH]1. The minimum atomic E-state index is -0.681. The van der Waals surface area contributed by atoms with Crippen LogP contribution in [0.3, 0.4) is 0 Å². The first-order valence-corrected chi connectivity index (χ1v) is 7.92. The van der Waals surface area contributed by atoms with Crippen molar-refractivity contribution in [1.82, 2.24) is 30.2 Å². The molecule has 4 aromatic rings. The maximum Gasteiger partial charge on any atom is 0.255 e. The van der Waals surface area contributed by atoms with Gasteiger partial charge < -0.3 is 15.4 Å². The number of imidazole rings is 1. The fourth-order valence-electron chi connectivity index (χ4n) is 2.55. The van der Waals surface area contributed by atoms with Crippen molar-refractivity contribution < 1.29 is 9.90 Å². The number of carbonyl (C=O) groups is 1. The van der Waals surface area contributed by atoms with Crippen molar-refractivity contribution in [2.24, 2.45) is 0 Å². The molecule has 2 aromatic carbocycles. The standard InChI is InChI=1S/C17H15N7O2/c1-10(25)16-20-14-7-4-12(8-15(14)21-16)19-17(26)11-2-5-13(6-3-11)24-9-18-22-23-24/h2-10,25H,1H3,(H,19,26)(H,20,21). The molecule has 0 fully saturated rings. The molecule has 26 heavy (non-hydrogen) atoms. The number of rotatable bonds is 4. The highest BCUT2D eigenvalue weighted by Crippen LogP contribution is 2.20. The van der Waals surface area contributed by atoms with Gasteiger partial charge in [-0.25, -0.2) is 9.67 Å². The molecular formula is C17H15N7O2. The van der Waals surface area contributed by atoms with Gasteiger partial charge in [-0.2, -0.15) is 0 Å². The Balaban J connectivity index is 1.53. The number of aliphatic hydroxyl groups excluding tert-OH is 1. The average Bonchev–Trinajstić information content (AvgIpc) is 3.31. The maximum absolute atomic E-state index is 12.4. The molecule has 3 N–H and O–H groups in total. The molecule has 2 heterocycles. The molecular weight excluding hydrogens is 334 g/mol. The third-order valence-corrected chi connectivity index (χ3v) is 3.90. The van der Waals surface area contributed by atoms with E-state index in [1.807, 2.05) is 0 Å². The normalized spacial score (nSPS) is 12.2. The van der Waals surface area contributed by atoms with E-state index in [0.717, 1.165) is 16.7 Å². The second-order valence-corrected chi connectivity index (χ2v) is 5.79. The summed E-state index contributed by atoms with van der Waals surface area (Å²) in [5.74, 6) is 0.254. The van der Waals surface area contributed by atoms with E-state index in [0.29, 0.717) is 17.1 Å². The zero-order valence-electron chi connectivity index (χ0n) is 13.8. The zero-order chi connectivity index (χ0) is 18.1. The van der Waals surface area contributed by atoms with Gasteiger partial charge in [0.25, 0.3) is 5.91 Å². The Morgan fingerprint density at radius 1 is 1.23 bits per heavy atom. The van der Waals surface area contributed by atoms with Crippen molar-refractivity contribution >= 4 is 22.6 Å². The van der Waals surface area contributed by atoms with Gasteiger partial charge in [0, 0.05) is 11.3 Å². The molecule has 9 nitrogen and oxygen atoms in total. The van der Waals surface area contributed by atoms with E-state index in [9.17, 15) is 9.90 Å². The van der Waals surface area contributed by atoms with Crippen LogP contribution in [-0.2, 0) is 0 Å². The Morgan fingerprint density at radius 2 is 2.04 bits per heavy atom. The number of hydrogen-bond donors (Lipinski definition) is 3. The highest BCUT2D eigenvalue weighted by Gasteiger charge is 2.10. The predicted octanol–water partition coefficient (Wildman–Crippen LogP) is 1.84. The summed E-state index contributed by atoms with van der Waals surface area (Å²) >= 11 is 0. The van der Waals surface area contributed by atoms with Gasteiger partial charge in [0.2, 0.25) is 0 Å². The lowest BCUT2D eigenvalue weighted by Gasteiger charge is -2.06. The Kier molecular flexibility index (Phi) is 3.90. The highest BCUT2D eigenvalue weighted by atomic mass is 16.3. The number of aliphatic hydroxyl groups is 1. The van der Waals surface area contributed by atoms with Gasteiger partial charge >= 0.3 is 0 Å². The Hall–Kier alpha value is -3.59. The average molecular weight is 349 g/mol. The number of anilines is 1. The van der Waals surface area contributed by atoms with Crippen LogP contribution >= 0.6 is 0 Å². The van der Waals surface area contributed by atoms with E-state index in [-0.39, 0.29) is 5.91 Å². The number of carbonyl (C=O) groups excluding carboxylic acids is 1. The Morgan fingerprint density at radius 3 is 2.73 bits per heavy atom. The van der Waals surface area contributed by atoms with Crippen LogP contribution in [0, 0.1) is 0 Å². The van der Waals surface area contributed by atoms with Crippen molar-refractivity contribution in [3.63, 3.8) is 0 Å². The summed E-state index contributed by atoms with van der Waals surface area (Å²) in [4.78, 5) is 19.8. The molecule has 0 bridgehead atoms. The lowest BCUT2D eigenvalue weighted by atomic mass is 10.2. The molecule has 1 atom stereocenters. The summed E-state index contributed by atoms with van der Waals surface area (Å²) in [6, 6.07) is 12.3.